The van der Waals surface area contributed by atoms with Gasteiger partial charge in [0.05, 0.1) is 17.1 Å². The van der Waals surface area contributed by atoms with E-state index in [0.717, 1.165) is 22.6 Å². The van der Waals surface area contributed by atoms with E-state index >= 15 is 0 Å². The average Bonchev–Trinajstić information content (AvgIpc) is 3.17. The van der Waals surface area contributed by atoms with Crippen LogP contribution in [0, 0.1) is 13.8 Å². The van der Waals surface area contributed by atoms with E-state index < -0.39 is 15.8 Å². The molecule has 1 atom stereocenters. The Kier molecular flexibility index (Phi) is 4.70. The quantitative estimate of drug-likeness (QED) is 0.736. The third-order valence-corrected chi connectivity index (χ3v) is 7.13. The van der Waals surface area contributed by atoms with Gasteiger partial charge in [-0.1, -0.05) is 0 Å². The van der Waals surface area contributed by atoms with Crippen LogP contribution in [0.3, 0.4) is 0 Å². The Bertz CT molecular complexity index is 763. The summed E-state index contributed by atoms with van der Waals surface area (Å²) >= 11 is 1.51. The number of amides is 1. The number of rotatable bonds is 5. The van der Waals surface area contributed by atoms with E-state index in [1.165, 1.54) is 11.3 Å². The highest BCUT2D eigenvalue weighted by Gasteiger charge is 2.42. The molecule has 1 aliphatic heterocycles. The van der Waals surface area contributed by atoms with E-state index in [0.29, 0.717) is 12.0 Å². The summed E-state index contributed by atoms with van der Waals surface area (Å²) in [5, 5.41) is 0. The van der Waals surface area contributed by atoms with E-state index in [1.54, 1.807) is 11.0 Å². The lowest BCUT2D eigenvalue weighted by molar-refractivity contribution is -0.137. The summed E-state index contributed by atoms with van der Waals surface area (Å²) in [6.07, 6.45) is 2.25. The van der Waals surface area contributed by atoms with Gasteiger partial charge in [0, 0.05) is 21.8 Å². The molecule has 0 aromatic carbocycles. The van der Waals surface area contributed by atoms with Crippen LogP contribution in [-0.4, -0.2) is 55.4 Å². The Morgan fingerprint density at radius 3 is 2.46 bits per heavy atom. The van der Waals surface area contributed by atoms with Gasteiger partial charge in [-0.05, 0) is 39.2 Å². The molecule has 1 aromatic heterocycles. The molecule has 0 radical (unpaired) electrons. The highest BCUT2D eigenvalue weighted by molar-refractivity contribution is 7.91. The number of carbonyl (C=O) groups excluding carboxylic acids is 2. The van der Waals surface area contributed by atoms with E-state index in [2.05, 4.69) is 0 Å². The van der Waals surface area contributed by atoms with Crippen molar-refractivity contribution in [1.82, 2.24) is 4.90 Å². The van der Waals surface area contributed by atoms with Crippen LogP contribution >= 0.6 is 11.3 Å². The molecule has 1 saturated heterocycles. The first-order chi connectivity index (χ1) is 11.3. The van der Waals surface area contributed by atoms with Crippen molar-refractivity contribution >= 4 is 33.1 Å². The summed E-state index contributed by atoms with van der Waals surface area (Å²) in [7, 11) is -3.06. The van der Waals surface area contributed by atoms with Crippen molar-refractivity contribution in [2.45, 2.75) is 45.2 Å². The summed E-state index contributed by atoms with van der Waals surface area (Å²) < 4.78 is 28.5. The van der Waals surface area contributed by atoms with E-state index in [4.69, 9.17) is 4.74 Å². The minimum Gasteiger partial charge on any atom is -0.452 e. The van der Waals surface area contributed by atoms with Crippen LogP contribution < -0.4 is 0 Å². The predicted molar refractivity (Wildman–Crippen MR) is 91.0 cm³/mol. The van der Waals surface area contributed by atoms with Crippen LogP contribution in [0.2, 0.25) is 0 Å². The fourth-order valence-electron chi connectivity index (χ4n) is 3.17. The lowest BCUT2D eigenvalue weighted by atomic mass is 10.2. The maximum Gasteiger partial charge on any atom is 0.339 e. The fourth-order valence-corrected chi connectivity index (χ4v) is 5.79. The van der Waals surface area contributed by atoms with Gasteiger partial charge in [0.25, 0.3) is 5.91 Å². The van der Waals surface area contributed by atoms with Crippen molar-refractivity contribution in [3.8, 4) is 0 Å². The summed E-state index contributed by atoms with van der Waals surface area (Å²) in [5.41, 5.74) is 0.492. The summed E-state index contributed by atoms with van der Waals surface area (Å²) in [6.45, 7) is 3.42. The number of carbonyl (C=O) groups is 2. The lowest BCUT2D eigenvalue weighted by Crippen LogP contribution is -2.44. The zero-order valence-electron chi connectivity index (χ0n) is 13.8. The largest absolute Gasteiger partial charge is 0.452 e. The topological polar surface area (TPSA) is 80.8 Å². The lowest BCUT2D eigenvalue weighted by Gasteiger charge is -2.28. The standard InChI is InChI=1S/C16H21NO5S2/c1-10-7-14(11(2)23-10)16(19)22-8-15(18)17(12-3-4-12)13-5-6-24(20,21)9-13/h7,12-13H,3-6,8-9H2,1-2H3/t13-/m0/s1. The summed E-state index contributed by atoms with van der Waals surface area (Å²) in [4.78, 5) is 28.2. The van der Waals surface area contributed by atoms with Crippen LogP contribution in [0.4, 0.5) is 0 Å². The average molecular weight is 371 g/mol. The number of aryl methyl sites for hydroxylation is 2. The van der Waals surface area contributed by atoms with Crippen molar-refractivity contribution in [3.05, 3.63) is 21.4 Å². The molecule has 2 fully saturated rings. The Morgan fingerprint density at radius 1 is 1.25 bits per heavy atom. The zero-order chi connectivity index (χ0) is 17.5. The van der Waals surface area contributed by atoms with Gasteiger partial charge in [0.2, 0.25) is 0 Å². The number of hydrogen-bond donors (Lipinski definition) is 0. The van der Waals surface area contributed by atoms with Crippen molar-refractivity contribution in [1.29, 1.82) is 0 Å². The molecule has 1 saturated carbocycles. The highest BCUT2D eigenvalue weighted by Crippen LogP contribution is 2.32. The number of esters is 1. The van der Waals surface area contributed by atoms with Gasteiger partial charge in [-0.2, -0.15) is 0 Å². The molecule has 1 aromatic rings. The molecule has 0 bridgehead atoms. The van der Waals surface area contributed by atoms with Crippen molar-refractivity contribution in [2.75, 3.05) is 18.1 Å². The molecule has 2 heterocycles. The van der Waals surface area contributed by atoms with Gasteiger partial charge in [-0.15, -0.1) is 11.3 Å². The molecule has 6 nitrogen and oxygen atoms in total. The van der Waals surface area contributed by atoms with E-state index in [9.17, 15) is 18.0 Å². The first-order valence-corrected chi connectivity index (χ1v) is 10.7. The zero-order valence-corrected chi connectivity index (χ0v) is 15.4. The Balaban J connectivity index is 1.62. The van der Waals surface area contributed by atoms with Gasteiger partial charge in [0.15, 0.2) is 16.4 Å². The van der Waals surface area contributed by atoms with Gasteiger partial charge >= 0.3 is 5.97 Å². The minimum atomic E-state index is -3.06. The molecule has 2 aliphatic rings. The second kappa shape index (κ2) is 6.48. The first-order valence-electron chi connectivity index (χ1n) is 8.02. The third-order valence-electron chi connectivity index (χ3n) is 4.42. The van der Waals surface area contributed by atoms with Crippen LogP contribution in [0.25, 0.3) is 0 Å². The molecule has 3 rings (SSSR count). The molecule has 1 aliphatic carbocycles. The second-order valence-corrected chi connectivity index (χ2v) is 10.2. The number of ether oxygens (including phenoxy) is 1. The van der Waals surface area contributed by atoms with Gasteiger partial charge < -0.3 is 9.64 Å². The maximum atomic E-state index is 12.5. The number of sulfone groups is 1. The van der Waals surface area contributed by atoms with Gasteiger partial charge in [0.1, 0.15) is 0 Å². The molecule has 0 unspecified atom stereocenters. The van der Waals surface area contributed by atoms with Gasteiger partial charge in [-0.3, -0.25) is 4.79 Å². The van der Waals surface area contributed by atoms with Crippen molar-refractivity contribution in [3.63, 3.8) is 0 Å². The predicted octanol–water partition coefficient (Wildman–Crippen LogP) is 1.70. The Morgan fingerprint density at radius 2 is 1.96 bits per heavy atom. The fraction of sp³-hybridized carbons (Fsp3) is 0.625. The summed E-state index contributed by atoms with van der Waals surface area (Å²) in [6, 6.07) is 1.58. The smallest absolute Gasteiger partial charge is 0.339 e. The van der Waals surface area contributed by atoms with Crippen LogP contribution in [0.5, 0.6) is 0 Å². The van der Waals surface area contributed by atoms with Crippen LogP contribution in [0.1, 0.15) is 39.4 Å². The molecule has 24 heavy (non-hydrogen) atoms. The molecule has 0 N–H and O–H groups in total. The molecular formula is C16H21NO5S2. The first kappa shape index (κ1) is 17.4. The molecular weight excluding hydrogens is 350 g/mol. The van der Waals surface area contributed by atoms with E-state index in [1.807, 2.05) is 13.8 Å². The van der Waals surface area contributed by atoms with E-state index in [-0.39, 0.29) is 36.1 Å². The normalized spacial score (nSPS) is 22.3. The van der Waals surface area contributed by atoms with Crippen molar-refractivity contribution in [2.24, 2.45) is 0 Å². The minimum absolute atomic E-state index is 0.0199. The van der Waals surface area contributed by atoms with Crippen molar-refractivity contribution < 1.29 is 22.7 Å². The Labute approximate surface area is 145 Å². The molecule has 132 valence electrons. The number of nitrogens with zero attached hydrogens (tertiary/aromatic N) is 1. The molecule has 8 heteroatoms. The number of thiophene rings is 1. The molecule has 1 amide bonds. The summed E-state index contributed by atoms with van der Waals surface area (Å²) in [5.74, 6) is -0.648. The molecule has 0 spiro atoms. The highest BCUT2D eigenvalue weighted by atomic mass is 32.2. The van der Waals surface area contributed by atoms with Crippen LogP contribution in [-0.2, 0) is 19.4 Å². The second-order valence-electron chi connectivity index (χ2n) is 6.49. The Hall–Kier alpha value is -1.41. The maximum absolute atomic E-state index is 12.5. The third kappa shape index (κ3) is 3.80. The SMILES string of the molecule is Cc1cc(C(=O)OCC(=O)N(C2CC2)[C@H]2CCS(=O)(=O)C2)c(C)s1. The van der Waals surface area contributed by atoms with Crippen LogP contribution in [0.15, 0.2) is 6.07 Å². The van der Waals surface area contributed by atoms with Gasteiger partial charge in [-0.25, -0.2) is 13.2 Å². The monoisotopic (exact) mass is 371 g/mol. The number of hydrogen-bond acceptors (Lipinski definition) is 6.